The van der Waals surface area contributed by atoms with Gasteiger partial charge in [0, 0.05) is 5.75 Å². The van der Waals surface area contributed by atoms with Crippen LogP contribution >= 0.6 is 34.2 Å². The molecule has 0 bridgehead atoms. The quantitative estimate of drug-likeness (QED) is 0.312. The van der Waals surface area contributed by atoms with Crippen LogP contribution in [0.15, 0.2) is 0 Å². The summed E-state index contributed by atoms with van der Waals surface area (Å²) in [6.07, 6.45) is 1.02. The number of hydrogen-bond acceptors (Lipinski definition) is 4. The molecule has 0 aromatic carbocycles. The van der Waals surface area contributed by atoms with Crippen molar-refractivity contribution in [1.82, 2.24) is 0 Å². The molecule has 0 aromatic rings. The molecule has 1 aliphatic rings. The highest BCUT2D eigenvalue weighted by Gasteiger charge is 2.25. The molecule has 0 radical (unpaired) electrons. The number of hydrogen-bond donors (Lipinski definition) is 2. The van der Waals surface area contributed by atoms with Crippen LogP contribution in [0.1, 0.15) is 6.42 Å². The smallest absolute Gasteiger partial charge is 0.117 e. The van der Waals surface area contributed by atoms with Crippen molar-refractivity contribution in [3.05, 3.63) is 0 Å². The van der Waals surface area contributed by atoms with Crippen LogP contribution in [0.4, 0.5) is 0 Å². The standard InChI is InChI=1S/C3H7NS3/c4-3(5)1-2-6-7-3/h5H,1-2,4H2. The molecule has 0 aliphatic carbocycles. The van der Waals surface area contributed by atoms with Gasteiger partial charge >= 0.3 is 0 Å². The summed E-state index contributed by atoms with van der Waals surface area (Å²) < 4.78 is -0.231. The molecule has 4 heteroatoms. The van der Waals surface area contributed by atoms with Crippen molar-refractivity contribution in [2.75, 3.05) is 5.75 Å². The molecule has 2 N–H and O–H groups in total. The Kier molecular flexibility index (Phi) is 1.83. The molecule has 1 fully saturated rings. The minimum Gasteiger partial charge on any atom is -0.308 e. The summed E-state index contributed by atoms with van der Waals surface area (Å²) >= 11 is 4.17. The van der Waals surface area contributed by atoms with E-state index >= 15 is 0 Å². The van der Waals surface area contributed by atoms with Gasteiger partial charge in [0.2, 0.25) is 0 Å². The fourth-order valence-electron chi connectivity index (χ4n) is 0.373. The molecule has 1 atom stereocenters. The summed E-state index contributed by atoms with van der Waals surface area (Å²) in [6, 6.07) is 0. The van der Waals surface area contributed by atoms with Crippen molar-refractivity contribution in [2.24, 2.45) is 5.73 Å². The minimum absolute atomic E-state index is 0.231. The van der Waals surface area contributed by atoms with Gasteiger partial charge in [-0.25, -0.2) is 0 Å². The van der Waals surface area contributed by atoms with E-state index in [0.717, 1.165) is 12.2 Å². The van der Waals surface area contributed by atoms with E-state index < -0.39 is 0 Å². The third kappa shape index (κ3) is 1.76. The van der Waals surface area contributed by atoms with Gasteiger partial charge in [0.05, 0.1) is 0 Å². The molecule has 1 aliphatic heterocycles. The van der Waals surface area contributed by atoms with Crippen LogP contribution in [-0.4, -0.2) is 9.96 Å². The molecule has 0 aromatic heterocycles. The molecule has 0 spiro atoms. The second-order valence-corrected chi connectivity index (χ2v) is 5.35. The van der Waals surface area contributed by atoms with E-state index in [1.54, 1.807) is 21.6 Å². The van der Waals surface area contributed by atoms with Crippen molar-refractivity contribution in [3.63, 3.8) is 0 Å². The van der Waals surface area contributed by atoms with E-state index in [9.17, 15) is 0 Å². The molecule has 1 nitrogen and oxygen atoms in total. The van der Waals surface area contributed by atoms with Crippen LogP contribution < -0.4 is 5.73 Å². The number of nitrogens with two attached hydrogens (primary N) is 1. The maximum Gasteiger partial charge on any atom is 0.117 e. The first-order valence-corrected chi connectivity index (χ1v) is 4.79. The first-order chi connectivity index (χ1) is 3.21. The predicted octanol–water partition coefficient (Wildman–Crippen LogP) is 1.31. The average Bonchev–Trinajstić information content (AvgIpc) is 1.84. The highest BCUT2D eigenvalue weighted by Crippen LogP contribution is 2.45. The first kappa shape index (κ1) is 6.13. The van der Waals surface area contributed by atoms with Gasteiger partial charge in [-0.05, 0) is 6.42 Å². The van der Waals surface area contributed by atoms with Gasteiger partial charge in [-0.1, -0.05) is 21.6 Å². The zero-order valence-electron chi connectivity index (χ0n) is 3.76. The average molecular weight is 153 g/mol. The Hall–Kier alpha value is 1.01. The van der Waals surface area contributed by atoms with Gasteiger partial charge in [-0.15, -0.1) is 12.6 Å². The SMILES string of the molecule is NC1(S)CCSS1. The zero-order chi connectivity index (χ0) is 5.33. The Bertz CT molecular complexity index is 64.6. The maximum absolute atomic E-state index is 5.58. The summed E-state index contributed by atoms with van der Waals surface area (Å²) in [5.41, 5.74) is 5.58. The largest absolute Gasteiger partial charge is 0.308 e. The van der Waals surface area contributed by atoms with Gasteiger partial charge in [0.15, 0.2) is 0 Å². The lowest BCUT2D eigenvalue weighted by atomic mass is 10.5. The van der Waals surface area contributed by atoms with Gasteiger partial charge in [0.25, 0.3) is 0 Å². The Labute approximate surface area is 56.6 Å². The molecule has 0 saturated carbocycles. The molecule has 1 saturated heterocycles. The van der Waals surface area contributed by atoms with Gasteiger partial charge in [-0.2, -0.15) is 0 Å². The molecule has 42 valence electrons. The summed E-state index contributed by atoms with van der Waals surface area (Å²) in [6.45, 7) is 0. The van der Waals surface area contributed by atoms with Crippen molar-refractivity contribution in [3.8, 4) is 0 Å². The van der Waals surface area contributed by atoms with E-state index in [0.29, 0.717) is 0 Å². The molecule has 1 unspecified atom stereocenters. The maximum atomic E-state index is 5.58. The summed E-state index contributed by atoms with van der Waals surface area (Å²) in [4.78, 5) is 0. The Morgan fingerprint density at radius 1 is 1.71 bits per heavy atom. The van der Waals surface area contributed by atoms with Crippen LogP contribution in [-0.2, 0) is 0 Å². The lowest BCUT2D eigenvalue weighted by Crippen LogP contribution is -2.24. The lowest BCUT2D eigenvalue weighted by molar-refractivity contribution is 0.840. The fraction of sp³-hybridized carbons (Fsp3) is 1.00. The second-order valence-electron chi connectivity index (χ2n) is 1.50. The van der Waals surface area contributed by atoms with E-state index in [1.165, 1.54) is 0 Å². The molecular formula is C3H7NS3. The van der Waals surface area contributed by atoms with Crippen LogP contribution in [0.25, 0.3) is 0 Å². The normalized spacial score (nSPS) is 42.0. The van der Waals surface area contributed by atoms with E-state index in [4.69, 9.17) is 5.73 Å². The van der Waals surface area contributed by atoms with Crippen molar-refractivity contribution in [1.29, 1.82) is 0 Å². The second kappa shape index (κ2) is 2.09. The first-order valence-electron chi connectivity index (χ1n) is 2.03. The van der Waals surface area contributed by atoms with Crippen molar-refractivity contribution >= 4 is 34.2 Å². The van der Waals surface area contributed by atoms with Gasteiger partial charge < -0.3 is 5.73 Å². The molecular weight excluding hydrogens is 146 g/mol. The van der Waals surface area contributed by atoms with Crippen LogP contribution in [0, 0.1) is 0 Å². The topological polar surface area (TPSA) is 26.0 Å². The monoisotopic (exact) mass is 153 g/mol. The predicted molar refractivity (Wildman–Crippen MR) is 40.6 cm³/mol. The van der Waals surface area contributed by atoms with E-state index in [-0.39, 0.29) is 4.20 Å². The van der Waals surface area contributed by atoms with Crippen LogP contribution in [0.3, 0.4) is 0 Å². The lowest BCUT2D eigenvalue weighted by Gasteiger charge is -2.10. The molecule has 1 heterocycles. The van der Waals surface area contributed by atoms with E-state index in [1.807, 2.05) is 0 Å². The number of thiol groups is 1. The molecule has 0 amide bonds. The number of rotatable bonds is 0. The Morgan fingerprint density at radius 3 is 2.57 bits per heavy atom. The summed E-state index contributed by atoms with van der Waals surface area (Å²) in [5.74, 6) is 1.14. The molecule has 1 rings (SSSR count). The van der Waals surface area contributed by atoms with Crippen molar-refractivity contribution in [2.45, 2.75) is 10.6 Å². The van der Waals surface area contributed by atoms with Crippen LogP contribution in [0.5, 0.6) is 0 Å². The highest BCUT2D eigenvalue weighted by molar-refractivity contribution is 8.78. The third-order valence-electron chi connectivity index (χ3n) is 0.747. The molecule has 7 heavy (non-hydrogen) atoms. The summed E-state index contributed by atoms with van der Waals surface area (Å²) in [7, 11) is 3.45. The fourth-order valence-corrected chi connectivity index (χ4v) is 3.48. The van der Waals surface area contributed by atoms with Crippen LogP contribution in [0.2, 0.25) is 0 Å². The Morgan fingerprint density at radius 2 is 2.43 bits per heavy atom. The van der Waals surface area contributed by atoms with Gasteiger partial charge in [0.1, 0.15) is 4.20 Å². The minimum atomic E-state index is -0.231. The third-order valence-corrected chi connectivity index (χ3v) is 4.34. The zero-order valence-corrected chi connectivity index (χ0v) is 6.28. The van der Waals surface area contributed by atoms with Crippen molar-refractivity contribution < 1.29 is 0 Å². The Balaban J connectivity index is 2.40. The van der Waals surface area contributed by atoms with E-state index in [2.05, 4.69) is 12.6 Å². The highest BCUT2D eigenvalue weighted by atomic mass is 33.1. The van der Waals surface area contributed by atoms with Gasteiger partial charge in [-0.3, -0.25) is 0 Å². The summed E-state index contributed by atoms with van der Waals surface area (Å²) in [5, 5.41) is 0.